The SMILES string of the molecule is C=CCOc1cnc2cc(N3CCOCC3)nc(OC3CCC(Nc4nc(C)cc(C#N)n4)CC3)c2c1. The monoisotopic (exact) mass is 501 g/mol. The van der Waals surface area contributed by atoms with Gasteiger partial charge < -0.3 is 24.4 Å². The lowest BCUT2D eigenvalue weighted by Gasteiger charge is -2.31. The number of rotatable bonds is 8. The third-order valence-corrected chi connectivity index (χ3v) is 6.56. The standard InChI is InChI=1S/C27H31N7O3/c1-3-10-36-22-14-23-24(29-17-22)15-25(34-8-11-35-12-9-34)33-26(23)37-21-6-4-19(5-7-21)31-27-30-18(2)13-20(16-28)32-27/h3,13-15,17,19,21H,1,4-12H2,2H3,(H,30,31,32). The Morgan fingerprint density at radius 3 is 2.73 bits per heavy atom. The van der Waals surface area contributed by atoms with Gasteiger partial charge in [0.25, 0.3) is 0 Å². The molecule has 1 N–H and O–H groups in total. The smallest absolute Gasteiger partial charge is 0.225 e. The van der Waals surface area contributed by atoms with Crippen LogP contribution in [0.5, 0.6) is 11.6 Å². The Morgan fingerprint density at radius 2 is 1.97 bits per heavy atom. The molecule has 0 spiro atoms. The summed E-state index contributed by atoms with van der Waals surface area (Å²) in [5, 5.41) is 13.4. The molecule has 10 heteroatoms. The number of hydrogen-bond donors (Lipinski definition) is 1. The van der Waals surface area contributed by atoms with Gasteiger partial charge in [0.2, 0.25) is 11.8 Å². The van der Waals surface area contributed by atoms with Crippen LogP contribution in [0, 0.1) is 18.3 Å². The van der Waals surface area contributed by atoms with E-state index in [1.54, 1.807) is 18.3 Å². The zero-order valence-corrected chi connectivity index (χ0v) is 21.0. The minimum Gasteiger partial charge on any atom is -0.488 e. The van der Waals surface area contributed by atoms with E-state index in [-0.39, 0.29) is 12.1 Å². The first-order valence-electron chi connectivity index (χ1n) is 12.7. The first-order chi connectivity index (χ1) is 18.1. The summed E-state index contributed by atoms with van der Waals surface area (Å²) in [7, 11) is 0. The van der Waals surface area contributed by atoms with Gasteiger partial charge in [0.05, 0.1) is 30.3 Å². The third-order valence-electron chi connectivity index (χ3n) is 6.56. The highest BCUT2D eigenvalue weighted by Gasteiger charge is 2.25. The molecule has 0 bridgehead atoms. The molecule has 3 aromatic heterocycles. The zero-order chi connectivity index (χ0) is 25.6. The summed E-state index contributed by atoms with van der Waals surface area (Å²) in [6.07, 6.45) is 6.98. The predicted molar refractivity (Wildman–Crippen MR) is 140 cm³/mol. The Hall–Kier alpha value is -3.97. The van der Waals surface area contributed by atoms with E-state index in [1.165, 1.54) is 0 Å². The highest BCUT2D eigenvalue weighted by atomic mass is 16.5. The molecule has 1 aliphatic heterocycles. The van der Waals surface area contributed by atoms with Gasteiger partial charge in [-0.2, -0.15) is 10.2 Å². The second-order valence-electron chi connectivity index (χ2n) is 9.29. The molecule has 0 aromatic carbocycles. The second-order valence-corrected chi connectivity index (χ2v) is 9.29. The molecule has 192 valence electrons. The van der Waals surface area contributed by atoms with E-state index in [2.05, 4.69) is 37.8 Å². The van der Waals surface area contributed by atoms with Crippen LogP contribution < -0.4 is 19.7 Å². The fraction of sp³-hybridized carbons (Fsp3) is 0.444. The van der Waals surface area contributed by atoms with Gasteiger partial charge in [-0.1, -0.05) is 12.7 Å². The third kappa shape index (κ3) is 6.06. The lowest BCUT2D eigenvalue weighted by molar-refractivity contribution is 0.122. The number of aryl methyl sites for hydroxylation is 1. The molecule has 2 aliphatic rings. The summed E-state index contributed by atoms with van der Waals surface area (Å²) >= 11 is 0. The molecule has 0 radical (unpaired) electrons. The Balaban J connectivity index is 1.32. The molecule has 1 aliphatic carbocycles. The Labute approximate surface area is 216 Å². The fourth-order valence-electron chi connectivity index (χ4n) is 4.70. The molecule has 0 amide bonds. The van der Waals surface area contributed by atoms with Gasteiger partial charge >= 0.3 is 0 Å². The highest BCUT2D eigenvalue weighted by molar-refractivity contribution is 5.87. The number of anilines is 2. The van der Waals surface area contributed by atoms with Crippen LogP contribution in [0.1, 0.15) is 37.1 Å². The van der Waals surface area contributed by atoms with Crippen LogP contribution in [0.4, 0.5) is 11.8 Å². The summed E-state index contributed by atoms with van der Waals surface area (Å²) in [4.78, 5) is 20.5. The first kappa shape index (κ1) is 24.7. The number of ether oxygens (including phenoxy) is 3. The van der Waals surface area contributed by atoms with Gasteiger partial charge in [-0.05, 0) is 44.7 Å². The predicted octanol–water partition coefficient (Wildman–Crippen LogP) is 3.80. The maximum atomic E-state index is 9.19. The van der Waals surface area contributed by atoms with Crippen molar-refractivity contribution >= 4 is 22.7 Å². The van der Waals surface area contributed by atoms with E-state index in [9.17, 15) is 5.26 Å². The van der Waals surface area contributed by atoms with Crippen molar-refractivity contribution in [1.82, 2.24) is 19.9 Å². The van der Waals surface area contributed by atoms with Crippen molar-refractivity contribution in [3.8, 4) is 17.7 Å². The second kappa shape index (κ2) is 11.4. The molecule has 4 heterocycles. The number of fused-ring (bicyclic) bond motifs is 1. The number of hydrogen-bond acceptors (Lipinski definition) is 10. The Morgan fingerprint density at radius 1 is 1.16 bits per heavy atom. The Bertz CT molecular complexity index is 1300. The molecule has 5 rings (SSSR count). The summed E-state index contributed by atoms with van der Waals surface area (Å²) in [5.74, 6) is 2.58. The van der Waals surface area contributed by atoms with Gasteiger partial charge in [0.1, 0.15) is 36.0 Å². The number of morpholine rings is 1. The molecule has 1 saturated carbocycles. The van der Waals surface area contributed by atoms with E-state index in [1.807, 2.05) is 19.1 Å². The summed E-state index contributed by atoms with van der Waals surface area (Å²) in [5.41, 5.74) is 1.96. The van der Waals surface area contributed by atoms with Gasteiger partial charge in [0.15, 0.2) is 0 Å². The number of aromatic nitrogens is 4. The largest absolute Gasteiger partial charge is 0.488 e. The number of nitrogens with zero attached hydrogens (tertiary/aromatic N) is 6. The van der Waals surface area contributed by atoms with Crippen LogP contribution >= 0.6 is 0 Å². The van der Waals surface area contributed by atoms with Crippen molar-refractivity contribution in [2.45, 2.75) is 44.8 Å². The molecule has 1 saturated heterocycles. The lowest BCUT2D eigenvalue weighted by atomic mass is 9.93. The van der Waals surface area contributed by atoms with E-state index in [4.69, 9.17) is 19.2 Å². The normalized spacial score (nSPS) is 19.7. The van der Waals surface area contributed by atoms with Crippen molar-refractivity contribution in [1.29, 1.82) is 5.26 Å². The van der Waals surface area contributed by atoms with Crippen molar-refractivity contribution in [3.05, 3.63) is 48.4 Å². The van der Waals surface area contributed by atoms with Crippen LogP contribution in [-0.2, 0) is 4.74 Å². The molecule has 3 aromatic rings. The molecule has 0 atom stereocenters. The molecular weight excluding hydrogens is 470 g/mol. The minimum absolute atomic E-state index is 0.0273. The molecule has 2 fully saturated rings. The van der Waals surface area contributed by atoms with Gasteiger partial charge in [-0.3, -0.25) is 4.98 Å². The van der Waals surface area contributed by atoms with Crippen LogP contribution in [-0.4, -0.2) is 65.0 Å². The maximum Gasteiger partial charge on any atom is 0.225 e. The van der Waals surface area contributed by atoms with Crippen molar-refractivity contribution in [3.63, 3.8) is 0 Å². The van der Waals surface area contributed by atoms with E-state index < -0.39 is 0 Å². The molecule has 0 unspecified atom stereocenters. The van der Waals surface area contributed by atoms with Crippen LogP contribution in [0.3, 0.4) is 0 Å². The number of pyridine rings is 2. The average Bonchev–Trinajstić information content (AvgIpc) is 2.93. The van der Waals surface area contributed by atoms with Gasteiger partial charge in [0, 0.05) is 30.9 Å². The van der Waals surface area contributed by atoms with Crippen LogP contribution in [0.25, 0.3) is 10.9 Å². The highest BCUT2D eigenvalue weighted by Crippen LogP contribution is 2.33. The summed E-state index contributed by atoms with van der Waals surface area (Å²) < 4.78 is 17.8. The minimum atomic E-state index is 0.0273. The topological polar surface area (TPSA) is 118 Å². The average molecular weight is 502 g/mol. The van der Waals surface area contributed by atoms with Gasteiger partial charge in [-0.25, -0.2) is 9.97 Å². The Kier molecular flexibility index (Phi) is 7.61. The summed E-state index contributed by atoms with van der Waals surface area (Å²) in [6.45, 7) is 8.90. The van der Waals surface area contributed by atoms with Crippen molar-refractivity contribution < 1.29 is 14.2 Å². The molecular formula is C27H31N7O3. The van der Waals surface area contributed by atoms with Crippen molar-refractivity contribution in [2.75, 3.05) is 43.1 Å². The van der Waals surface area contributed by atoms with E-state index in [0.717, 1.165) is 61.2 Å². The van der Waals surface area contributed by atoms with Gasteiger partial charge in [-0.15, -0.1) is 0 Å². The van der Waals surface area contributed by atoms with E-state index in [0.29, 0.717) is 43.1 Å². The summed E-state index contributed by atoms with van der Waals surface area (Å²) in [6, 6.07) is 7.93. The van der Waals surface area contributed by atoms with Crippen LogP contribution in [0.15, 0.2) is 37.1 Å². The van der Waals surface area contributed by atoms with E-state index >= 15 is 0 Å². The fourth-order valence-corrected chi connectivity index (χ4v) is 4.70. The molecule has 10 nitrogen and oxygen atoms in total. The lowest BCUT2D eigenvalue weighted by Crippen LogP contribution is -2.37. The quantitative estimate of drug-likeness (QED) is 0.457. The van der Waals surface area contributed by atoms with Crippen LogP contribution in [0.2, 0.25) is 0 Å². The maximum absolute atomic E-state index is 9.19. The zero-order valence-electron chi connectivity index (χ0n) is 21.0. The molecule has 37 heavy (non-hydrogen) atoms. The first-order valence-corrected chi connectivity index (χ1v) is 12.7. The number of nitriles is 1. The number of nitrogens with one attached hydrogen (secondary N) is 1. The van der Waals surface area contributed by atoms with Crippen molar-refractivity contribution in [2.24, 2.45) is 0 Å².